The molecule has 0 spiro atoms. The highest BCUT2D eigenvalue weighted by molar-refractivity contribution is 5.99. The number of nitrogens with zero attached hydrogens (tertiary/aromatic N) is 2. The summed E-state index contributed by atoms with van der Waals surface area (Å²) in [4.78, 5) is 4.82. The molecule has 0 aliphatic heterocycles. The van der Waals surface area contributed by atoms with Crippen molar-refractivity contribution in [1.29, 1.82) is 0 Å². The molecule has 11 rings (SSSR count). The van der Waals surface area contributed by atoms with Gasteiger partial charge in [0.1, 0.15) is 0 Å². The lowest BCUT2D eigenvalue weighted by atomic mass is 9.82. The maximum absolute atomic E-state index is 2.43. The van der Waals surface area contributed by atoms with E-state index in [2.05, 4.69) is 266 Å². The molecule has 2 heteroatoms. The molecule has 0 heterocycles. The summed E-state index contributed by atoms with van der Waals surface area (Å²) in [6.45, 7) is 4.76. The molecule has 0 bridgehead atoms. The molecule has 0 saturated carbocycles. The number of hydrogen-bond donors (Lipinski definition) is 0. The molecule has 0 N–H and O–H groups in total. The lowest BCUT2D eigenvalue weighted by Crippen LogP contribution is -2.17. The van der Waals surface area contributed by atoms with Crippen LogP contribution in [0.15, 0.2) is 243 Å². The quantitative estimate of drug-likeness (QED) is 0.143. The van der Waals surface area contributed by atoms with E-state index in [-0.39, 0.29) is 5.41 Å². The SMILES string of the molecule is CC1(C)c2cc(N(c3ccc(-c4ccccc4)cc3)c3ccc(-c4cccc(-c5ccccc5)c4)cc3)ccc2-c2ccc(N(c3ccccc3)c3cccc4ccccc34)cc21. The summed E-state index contributed by atoms with van der Waals surface area (Å²) >= 11 is 0. The van der Waals surface area contributed by atoms with Crippen molar-refractivity contribution in [2.24, 2.45) is 0 Å². The summed E-state index contributed by atoms with van der Waals surface area (Å²) in [5.74, 6) is 0. The number of benzene rings is 10. The highest BCUT2D eigenvalue weighted by Crippen LogP contribution is 2.53. The van der Waals surface area contributed by atoms with Crippen LogP contribution in [0.4, 0.5) is 34.1 Å². The third-order valence-corrected chi connectivity index (χ3v) is 12.8. The first-order valence-electron chi connectivity index (χ1n) is 21.8. The fraction of sp³-hybridized carbons (Fsp3) is 0.0492. The molecule has 0 amide bonds. The van der Waals surface area contributed by atoms with E-state index in [4.69, 9.17) is 0 Å². The van der Waals surface area contributed by atoms with Crippen molar-refractivity contribution in [2.45, 2.75) is 19.3 Å². The average molecular weight is 807 g/mol. The van der Waals surface area contributed by atoms with E-state index in [9.17, 15) is 0 Å². The monoisotopic (exact) mass is 806 g/mol. The largest absolute Gasteiger partial charge is 0.310 e. The molecular weight excluding hydrogens is 761 g/mol. The normalized spacial score (nSPS) is 12.4. The maximum atomic E-state index is 2.43. The third-order valence-electron chi connectivity index (χ3n) is 12.8. The van der Waals surface area contributed by atoms with E-state index in [1.165, 1.54) is 72.1 Å². The molecular formula is C61H46N2. The van der Waals surface area contributed by atoms with Gasteiger partial charge in [-0.15, -0.1) is 0 Å². The van der Waals surface area contributed by atoms with Crippen LogP contribution >= 0.6 is 0 Å². The molecule has 10 aromatic rings. The Kier molecular flexibility index (Phi) is 9.55. The second-order valence-corrected chi connectivity index (χ2v) is 17.0. The van der Waals surface area contributed by atoms with Gasteiger partial charge in [0.25, 0.3) is 0 Å². The third kappa shape index (κ3) is 6.96. The summed E-state index contributed by atoms with van der Waals surface area (Å²) in [5.41, 5.74) is 19.0. The van der Waals surface area contributed by atoms with Gasteiger partial charge in [-0.2, -0.15) is 0 Å². The Morgan fingerprint density at radius 3 is 1.27 bits per heavy atom. The Labute approximate surface area is 370 Å². The first-order chi connectivity index (χ1) is 31.0. The highest BCUT2D eigenvalue weighted by Gasteiger charge is 2.37. The predicted molar refractivity (Wildman–Crippen MR) is 267 cm³/mol. The molecule has 0 unspecified atom stereocenters. The molecule has 10 aromatic carbocycles. The van der Waals surface area contributed by atoms with E-state index in [1.807, 2.05) is 0 Å². The minimum absolute atomic E-state index is 0.256. The van der Waals surface area contributed by atoms with Crippen molar-refractivity contribution in [1.82, 2.24) is 0 Å². The van der Waals surface area contributed by atoms with Gasteiger partial charge < -0.3 is 9.80 Å². The van der Waals surface area contributed by atoms with Crippen molar-refractivity contribution >= 4 is 44.9 Å². The number of rotatable bonds is 9. The zero-order valence-corrected chi connectivity index (χ0v) is 35.5. The van der Waals surface area contributed by atoms with Crippen molar-refractivity contribution in [3.05, 3.63) is 254 Å². The summed E-state index contributed by atoms with van der Waals surface area (Å²) in [7, 11) is 0. The van der Waals surface area contributed by atoms with Gasteiger partial charge in [-0.05, 0) is 134 Å². The number of fused-ring (bicyclic) bond motifs is 4. The van der Waals surface area contributed by atoms with Crippen LogP contribution in [0, 0.1) is 0 Å². The number of para-hydroxylation sites is 1. The molecule has 63 heavy (non-hydrogen) atoms. The van der Waals surface area contributed by atoms with Gasteiger partial charge in [-0.25, -0.2) is 0 Å². The van der Waals surface area contributed by atoms with Gasteiger partial charge in [0.15, 0.2) is 0 Å². The molecule has 0 atom stereocenters. The fourth-order valence-electron chi connectivity index (χ4n) is 9.59. The lowest BCUT2D eigenvalue weighted by molar-refractivity contribution is 0.660. The zero-order chi connectivity index (χ0) is 42.3. The van der Waals surface area contributed by atoms with E-state index < -0.39 is 0 Å². The van der Waals surface area contributed by atoms with Crippen LogP contribution in [0.2, 0.25) is 0 Å². The number of hydrogen-bond acceptors (Lipinski definition) is 2. The summed E-state index contributed by atoms with van der Waals surface area (Å²) in [5, 5.41) is 2.45. The fourth-order valence-corrected chi connectivity index (χ4v) is 9.59. The Morgan fingerprint density at radius 2 is 0.683 bits per heavy atom. The van der Waals surface area contributed by atoms with Crippen LogP contribution in [0.25, 0.3) is 55.3 Å². The van der Waals surface area contributed by atoms with E-state index >= 15 is 0 Å². The molecule has 1 aliphatic rings. The standard InChI is InChI=1S/C61H46N2/c1-61(2)58-41-53(36-38-56(58)57-39-37-54(42-59(57)61)63(50-24-10-5-11-25-50)60-27-15-21-47-20-12-13-26-55(47)60)62(51-32-28-45(29-33-51)43-16-6-3-7-17-43)52-34-30-46(31-35-52)49-23-14-22-48(40-49)44-18-8-4-9-19-44/h3-42H,1-2H3. The Hall–Kier alpha value is -7.94. The van der Waals surface area contributed by atoms with Crippen molar-refractivity contribution in [3.63, 3.8) is 0 Å². The van der Waals surface area contributed by atoms with Gasteiger partial charge in [0.2, 0.25) is 0 Å². The predicted octanol–water partition coefficient (Wildman–Crippen LogP) is 17.1. The molecule has 0 aromatic heterocycles. The molecule has 1 aliphatic carbocycles. The second kappa shape index (κ2) is 15.8. The Morgan fingerprint density at radius 1 is 0.286 bits per heavy atom. The first kappa shape index (κ1) is 38.0. The minimum atomic E-state index is -0.256. The topological polar surface area (TPSA) is 6.48 Å². The van der Waals surface area contributed by atoms with Gasteiger partial charge in [-0.3, -0.25) is 0 Å². The Bertz CT molecular complexity index is 3220. The van der Waals surface area contributed by atoms with Gasteiger partial charge in [-0.1, -0.05) is 184 Å². The van der Waals surface area contributed by atoms with Gasteiger partial charge in [0.05, 0.1) is 5.69 Å². The molecule has 2 nitrogen and oxygen atoms in total. The van der Waals surface area contributed by atoms with Crippen LogP contribution in [-0.4, -0.2) is 0 Å². The van der Waals surface area contributed by atoms with Crippen LogP contribution in [0.3, 0.4) is 0 Å². The van der Waals surface area contributed by atoms with Gasteiger partial charge >= 0.3 is 0 Å². The van der Waals surface area contributed by atoms with E-state index in [1.54, 1.807) is 0 Å². The molecule has 300 valence electrons. The minimum Gasteiger partial charge on any atom is -0.310 e. The average Bonchev–Trinajstić information content (AvgIpc) is 3.57. The van der Waals surface area contributed by atoms with Crippen molar-refractivity contribution in [2.75, 3.05) is 9.80 Å². The first-order valence-corrected chi connectivity index (χ1v) is 21.8. The summed E-state index contributed by atoms with van der Waals surface area (Å²) in [6.07, 6.45) is 0. The Balaban J connectivity index is 0.991. The lowest BCUT2D eigenvalue weighted by Gasteiger charge is -2.29. The zero-order valence-electron chi connectivity index (χ0n) is 35.5. The van der Waals surface area contributed by atoms with Crippen molar-refractivity contribution in [3.8, 4) is 44.5 Å². The van der Waals surface area contributed by atoms with Crippen LogP contribution in [0.5, 0.6) is 0 Å². The molecule has 0 fully saturated rings. The van der Waals surface area contributed by atoms with E-state index in [0.29, 0.717) is 0 Å². The highest BCUT2D eigenvalue weighted by atomic mass is 15.1. The smallest absolute Gasteiger partial charge is 0.0540 e. The van der Waals surface area contributed by atoms with Crippen LogP contribution in [-0.2, 0) is 5.41 Å². The van der Waals surface area contributed by atoms with Gasteiger partial charge in [0, 0.05) is 39.2 Å². The van der Waals surface area contributed by atoms with Crippen molar-refractivity contribution < 1.29 is 0 Å². The molecule has 0 radical (unpaired) electrons. The second-order valence-electron chi connectivity index (χ2n) is 17.0. The van der Waals surface area contributed by atoms with Crippen LogP contribution < -0.4 is 9.80 Å². The van der Waals surface area contributed by atoms with Crippen LogP contribution in [0.1, 0.15) is 25.0 Å². The van der Waals surface area contributed by atoms with E-state index in [0.717, 1.165) is 28.4 Å². The summed E-state index contributed by atoms with van der Waals surface area (Å²) in [6, 6.07) is 88.2. The molecule has 0 saturated heterocycles. The maximum Gasteiger partial charge on any atom is 0.0540 e. The number of anilines is 6. The summed E-state index contributed by atoms with van der Waals surface area (Å²) < 4.78 is 0.